The molecule has 1 aliphatic heterocycles. The standard InChI is InChI=1S/C20H27N7O2/c1-15(2)27-16(4-6-23-27)19-24-18(17-14-21-7-9-26(17)19)20(28)22-5-3-8-25-10-12-29-13-11-25/h4,6-7,9,14-15H,3,5,8,10-13H2,1-2H3,(H,22,28). The van der Waals surface area contributed by atoms with Crippen LogP contribution in [0.3, 0.4) is 0 Å². The first-order valence-corrected chi connectivity index (χ1v) is 10.1. The number of carbonyl (C=O) groups excluding carboxylic acids is 1. The molecule has 1 amide bonds. The maximum Gasteiger partial charge on any atom is 0.272 e. The molecule has 9 nitrogen and oxygen atoms in total. The highest BCUT2D eigenvalue weighted by atomic mass is 16.5. The number of nitrogens with zero attached hydrogens (tertiary/aromatic N) is 6. The maximum absolute atomic E-state index is 12.8. The van der Waals surface area contributed by atoms with Crippen LogP contribution in [-0.4, -0.2) is 74.3 Å². The van der Waals surface area contributed by atoms with E-state index in [1.54, 1.807) is 18.6 Å². The molecule has 0 unspecified atom stereocenters. The Balaban J connectivity index is 1.50. The van der Waals surface area contributed by atoms with Crippen molar-refractivity contribution in [1.82, 2.24) is 34.4 Å². The summed E-state index contributed by atoms with van der Waals surface area (Å²) >= 11 is 0. The number of carbonyl (C=O) groups is 1. The van der Waals surface area contributed by atoms with Crippen molar-refractivity contribution in [3.05, 3.63) is 36.5 Å². The number of morpholine rings is 1. The molecule has 3 aromatic rings. The van der Waals surface area contributed by atoms with Gasteiger partial charge >= 0.3 is 0 Å². The Hall–Kier alpha value is -2.78. The third-order valence-electron chi connectivity index (χ3n) is 5.09. The van der Waals surface area contributed by atoms with Gasteiger partial charge in [0, 0.05) is 44.3 Å². The number of hydrogen-bond acceptors (Lipinski definition) is 6. The second-order valence-corrected chi connectivity index (χ2v) is 7.43. The minimum atomic E-state index is -0.181. The molecule has 0 aromatic carbocycles. The zero-order valence-corrected chi connectivity index (χ0v) is 16.9. The van der Waals surface area contributed by atoms with E-state index in [-0.39, 0.29) is 11.9 Å². The van der Waals surface area contributed by atoms with Gasteiger partial charge in [-0.1, -0.05) is 0 Å². The van der Waals surface area contributed by atoms with E-state index in [4.69, 9.17) is 4.74 Å². The second-order valence-electron chi connectivity index (χ2n) is 7.43. The zero-order valence-electron chi connectivity index (χ0n) is 16.9. The average molecular weight is 397 g/mol. The molecule has 1 saturated heterocycles. The van der Waals surface area contributed by atoms with Crippen molar-refractivity contribution in [3.63, 3.8) is 0 Å². The minimum absolute atomic E-state index is 0.181. The lowest BCUT2D eigenvalue weighted by Crippen LogP contribution is -2.38. The number of imidazole rings is 1. The number of nitrogens with one attached hydrogen (secondary N) is 1. The summed E-state index contributed by atoms with van der Waals surface area (Å²) in [6.45, 7) is 9.18. The molecule has 29 heavy (non-hydrogen) atoms. The van der Waals surface area contributed by atoms with Crippen LogP contribution in [0.15, 0.2) is 30.9 Å². The third kappa shape index (κ3) is 4.15. The van der Waals surface area contributed by atoms with E-state index in [1.165, 1.54) is 0 Å². The van der Waals surface area contributed by atoms with Gasteiger partial charge in [-0.25, -0.2) is 4.98 Å². The molecule has 3 aromatic heterocycles. The Morgan fingerprint density at radius 2 is 2.10 bits per heavy atom. The molecule has 0 spiro atoms. The van der Waals surface area contributed by atoms with Gasteiger partial charge in [0.05, 0.1) is 24.9 Å². The van der Waals surface area contributed by atoms with Gasteiger partial charge < -0.3 is 10.1 Å². The Kier molecular flexibility index (Phi) is 5.86. The molecular weight excluding hydrogens is 370 g/mol. The number of hydrogen-bond donors (Lipinski definition) is 1. The SMILES string of the molecule is CC(C)n1nccc1-c1nc(C(=O)NCCCN2CCOCC2)c2cnccn12. The van der Waals surface area contributed by atoms with E-state index in [9.17, 15) is 4.79 Å². The number of rotatable bonds is 7. The van der Waals surface area contributed by atoms with E-state index in [2.05, 4.69) is 39.1 Å². The molecule has 1 N–H and O–H groups in total. The number of fused-ring (bicyclic) bond motifs is 1. The largest absolute Gasteiger partial charge is 0.379 e. The van der Waals surface area contributed by atoms with Gasteiger partial charge in [-0.05, 0) is 32.9 Å². The van der Waals surface area contributed by atoms with E-state index < -0.39 is 0 Å². The van der Waals surface area contributed by atoms with Gasteiger partial charge in [0.2, 0.25) is 0 Å². The van der Waals surface area contributed by atoms with E-state index >= 15 is 0 Å². The van der Waals surface area contributed by atoms with Crippen LogP contribution in [0, 0.1) is 0 Å². The summed E-state index contributed by atoms with van der Waals surface area (Å²) < 4.78 is 9.16. The van der Waals surface area contributed by atoms with Crippen LogP contribution in [-0.2, 0) is 4.74 Å². The van der Waals surface area contributed by atoms with Gasteiger partial charge in [0.25, 0.3) is 5.91 Å². The van der Waals surface area contributed by atoms with Crippen molar-refractivity contribution in [2.24, 2.45) is 0 Å². The second kappa shape index (κ2) is 8.71. The predicted molar refractivity (Wildman–Crippen MR) is 109 cm³/mol. The molecule has 0 saturated carbocycles. The Morgan fingerprint density at radius 3 is 2.90 bits per heavy atom. The highest BCUT2D eigenvalue weighted by molar-refractivity contribution is 5.99. The fourth-order valence-electron chi connectivity index (χ4n) is 3.60. The smallest absolute Gasteiger partial charge is 0.272 e. The summed E-state index contributed by atoms with van der Waals surface area (Å²) in [5.41, 5.74) is 1.94. The normalized spacial score (nSPS) is 15.3. The summed E-state index contributed by atoms with van der Waals surface area (Å²) in [6.07, 6.45) is 7.84. The average Bonchev–Trinajstić information content (AvgIpc) is 3.36. The molecule has 0 atom stereocenters. The molecule has 0 radical (unpaired) electrons. The Morgan fingerprint density at radius 1 is 1.28 bits per heavy atom. The van der Waals surface area contributed by atoms with Crippen LogP contribution < -0.4 is 5.32 Å². The van der Waals surface area contributed by atoms with Crippen molar-refractivity contribution < 1.29 is 9.53 Å². The van der Waals surface area contributed by atoms with Crippen LogP contribution in [0.5, 0.6) is 0 Å². The highest BCUT2D eigenvalue weighted by Crippen LogP contribution is 2.24. The lowest BCUT2D eigenvalue weighted by atomic mass is 10.3. The van der Waals surface area contributed by atoms with Crippen LogP contribution >= 0.6 is 0 Å². The van der Waals surface area contributed by atoms with Crippen molar-refractivity contribution in [3.8, 4) is 11.5 Å². The number of ether oxygens (including phenoxy) is 1. The molecule has 154 valence electrons. The molecule has 4 rings (SSSR count). The van der Waals surface area contributed by atoms with Gasteiger partial charge in [0.15, 0.2) is 11.5 Å². The molecule has 9 heteroatoms. The van der Waals surface area contributed by atoms with Gasteiger partial charge in [-0.15, -0.1) is 0 Å². The minimum Gasteiger partial charge on any atom is -0.379 e. The quantitative estimate of drug-likeness (QED) is 0.610. The van der Waals surface area contributed by atoms with Gasteiger partial charge in [-0.3, -0.25) is 23.8 Å². The van der Waals surface area contributed by atoms with Crippen LogP contribution in [0.1, 0.15) is 36.8 Å². The summed E-state index contributed by atoms with van der Waals surface area (Å²) in [5, 5.41) is 7.40. The molecular formula is C20H27N7O2. The van der Waals surface area contributed by atoms with Crippen molar-refractivity contribution in [2.75, 3.05) is 39.4 Å². The lowest BCUT2D eigenvalue weighted by Gasteiger charge is -2.26. The van der Waals surface area contributed by atoms with Gasteiger partial charge in [-0.2, -0.15) is 5.10 Å². The summed E-state index contributed by atoms with van der Waals surface area (Å²) in [7, 11) is 0. The van der Waals surface area contributed by atoms with Crippen molar-refractivity contribution in [1.29, 1.82) is 0 Å². The van der Waals surface area contributed by atoms with Crippen LogP contribution in [0.4, 0.5) is 0 Å². The number of amides is 1. The summed E-state index contributed by atoms with van der Waals surface area (Å²) in [6, 6.07) is 2.10. The molecule has 0 aliphatic carbocycles. The summed E-state index contributed by atoms with van der Waals surface area (Å²) in [5.74, 6) is 0.506. The third-order valence-corrected chi connectivity index (χ3v) is 5.09. The maximum atomic E-state index is 12.8. The highest BCUT2D eigenvalue weighted by Gasteiger charge is 2.21. The molecule has 4 heterocycles. The van der Waals surface area contributed by atoms with Crippen LogP contribution in [0.2, 0.25) is 0 Å². The van der Waals surface area contributed by atoms with Crippen molar-refractivity contribution >= 4 is 11.4 Å². The van der Waals surface area contributed by atoms with Crippen LogP contribution in [0.25, 0.3) is 17.0 Å². The first-order chi connectivity index (χ1) is 14.1. The fraction of sp³-hybridized carbons (Fsp3) is 0.500. The summed E-state index contributed by atoms with van der Waals surface area (Å²) in [4.78, 5) is 24.0. The number of aromatic nitrogens is 5. The topological polar surface area (TPSA) is 89.6 Å². The molecule has 1 aliphatic rings. The van der Waals surface area contributed by atoms with E-state index in [1.807, 2.05) is 21.3 Å². The first kappa shape index (κ1) is 19.5. The van der Waals surface area contributed by atoms with Crippen molar-refractivity contribution in [2.45, 2.75) is 26.3 Å². The molecule has 1 fully saturated rings. The van der Waals surface area contributed by atoms with E-state index in [0.29, 0.717) is 23.6 Å². The fourth-order valence-corrected chi connectivity index (χ4v) is 3.60. The first-order valence-electron chi connectivity index (χ1n) is 10.1. The predicted octanol–water partition coefficient (Wildman–Crippen LogP) is 1.63. The zero-order chi connectivity index (χ0) is 20.2. The Bertz CT molecular complexity index is 972. The van der Waals surface area contributed by atoms with E-state index in [0.717, 1.165) is 45.0 Å². The Labute approximate surface area is 169 Å². The van der Waals surface area contributed by atoms with Gasteiger partial charge in [0.1, 0.15) is 5.69 Å². The molecule has 0 bridgehead atoms. The lowest BCUT2D eigenvalue weighted by molar-refractivity contribution is 0.0374. The monoisotopic (exact) mass is 397 g/mol.